The fraction of sp³-hybridized carbons (Fsp3) is 0.150. The lowest BCUT2D eigenvalue weighted by Crippen LogP contribution is -2.35. The first kappa shape index (κ1) is 20.5. The Morgan fingerprint density at radius 3 is 2.55 bits per heavy atom. The molecule has 1 N–H and O–H groups in total. The van der Waals surface area contributed by atoms with Crippen molar-refractivity contribution in [2.75, 3.05) is 11.6 Å². The summed E-state index contributed by atoms with van der Waals surface area (Å²) in [6.07, 6.45) is 1.39. The number of esters is 1. The molecule has 2 amide bonds. The Balaban J connectivity index is 1.96. The summed E-state index contributed by atoms with van der Waals surface area (Å²) < 4.78 is 24.2. The summed E-state index contributed by atoms with van der Waals surface area (Å²) in [5.41, 5.74) is 3.15. The minimum Gasteiger partial charge on any atom is -0.490 e. The van der Waals surface area contributed by atoms with Crippen molar-refractivity contribution in [2.45, 2.75) is 13.8 Å². The number of nitrogens with one attached hydrogen (secondary N) is 1. The highest BCUT2D eigenvalue weighted by molar-refractivity contribution is 9.10. The number of carbonyl (C=O) groups is 3. The third-order valence-corrected chi connectivity index (χ3v) is 4.45. The molecule has 1 fully saturated rings. The number of anilines is 1. The van der Waals surface area contributed by atoms with Gasteiger partial charge in [0.15, 0.2) is 11.5 Å². The molecule has 2 aromatic rings. The number of benzene rings is 2. The molecule has 0 unspecified atom stereocenters. The number of hydrogen-bond acceptors (Lipinski definition) is 5. The van der Waals surface area contributed by atoms with Crippen LogP contribution < -0.4 is 19.9 Å². The number of hydrogen-bond donors (Lipinski definition) is 1. The van der Waals surface area contributed by atoms with E-state index < -0.39 is 23.6 Å². The summed E-state index contributed by atoms with van der Waals surface area (Å²) >= 11 is 3.31. The van der Waals surface area contributed by atoms with Crippen molar-refractivity contribution in [1.29, 1.82) is 0 Å². The highest BCUT2D eigenvalue weighted by Crippen LogP contribution is 2.38. The van der Waals surface area contributed by atoms with E-state index in [0.29, 0.717) is 22.3 Å². The summed E-state index contributed by atoms with van der Waals surface area (Å²) in [6, 6.07) is 8.29. The lowest BCUT2D eigenvalue weighted by atomic mass is 10.1. The van der Waals surface area contributed by atoms with E-state index in [1.54, 1.807) is 19.1 Å². The Bertz CT molecular complexity index is 1020. The topological polar surface area (TPSA) is 84.9 Å². The molecule has 0 aliphatic carbocycles. The highest BCUT2D eigenvalue weighted by atomic mass is 79.9. The molecule has 0 spiro atoms. The quantitative estimate of drug-likeness (QED) is 0.318. The van der Waals surface area contributed by atoms with Crippen LogP contribution in [0, 0.1) is 5.82 Å². The molecule has 7 nitrogen and oxygen atoms in total. The van der Waals surface area contributed by atoms with Crippen LogP contribution in [0.5, 0.6) is 11.5 Å². The lowest BCUT2D eigenvalue weighted by molar-refractivity contribution is -0.132. The fourth-order valence-corrected chi connectivity index (χ4v) is 3.21. The molecule has 1 heterocycles. The van der Waals surface area contributed by atoms with Gasteiger partial charge in [-0.1, -0.05) is 0 Å². The highest BCUT2D eigenvalue weighted by Gasteiger charge is 2.34. The van der Waals surface area contributed by atoms with Gasteiger partial charge in [0, 0.05) is 6.92 Å². The second kappa shape index (κ2) is 8.44. The molecule has 1 saturated heterocycles. The van der Waals surface area contributed by atoms with E-state index in [1.807, 2.05) is 0 Å². The molecule has 150 valence electrons. The summed E-state index contributed by atoms with van der Waals surface area (Å²) in [5.74, 6) is -1.67. The maximum Gasteiger partial charge on any atom is 0.308 e. The summed E-state index contributed by atoms with van der Waals surface area (Å²) in [5, 5.41) is 1.04. The zero-order valence-electron chi connectivity index (χ0n) is 15.5. The largest absolute Gasteiger partial charge is 0.490 e. The molecule has 0 radical (unpaired) electrons. The average Bonchev–Trinajstić information content (AvgIpc) is 2.93. The maximum atomic E-state index is 13.1. The fourth-order valence-electron chi connectivity index (χ4n) is 2.67. The predicted octanol–water partition coefficient (Wildman–Crippen LogP) is 3.37. The smallest absolute Gasteiger partial charge is 0.308 e. The van der Waals surface area contributed by atoms with Gasteiger partial charge in [0.25, 0.3) is 11.8 Å². The normalized spacial score (nSPS) is 14.9. The van der Waals surface area contributed by atoms with Crippen LogP contribution in [-0.2, 0) is 14.4 Å². The second-order valence-electron chi connectivity index (χ2n) is 5.97. The molecule has 0 aromatic heterocycles. The summed E-state index contributed by atoms with van der Waals surface area (Å²) in [6.45, 7) is 3.35. The number of ether oxygens (including phenoxy) is 2. The first-order valence-electron chi connectivity index (χ1n) is 8.57. The third-order valence-electron chi connectivity index (χ3n) is 3.86. The summed E-state index contributed by atoms with van der Waals surface area (Å²) in [4.78, 5) is 36.3. The van der Waals surface area contributed by atoms with Gasteiger partial charge in [-0.15, -0.1) is 0 Å². The van der Waals surface area contributed by atoms with Crippen LogP contribution in [0.3, 0.4) is 0 Å². The zero-order valence-corrected chi connectivity index (χ0v) is 17.1. The van der Waals surface area contributed by atoms with E-state index in [-0.39, 0.29) is 17.1 Å². The summed E-state index contributed by atoms with van der Waals surface area (Å²) in [7, 11) is 0. The predicted molar refractivity (Wildman–Crippen MR) is 107 cm³/mol. The Hall–Kier alpha value is -3.20. The number of rotatable bonds is 5. The molecule has 0 saturated carbocycles. The van der Waals surface area contributed by atoms with E-state index in [1.165, 1.54) is 37.3 Å². The molecule has 0 atom stereocenters. The number of nitrogens with zero attached hydrogens (tertiary/aromatic N) is 1. The van der Waals surface area contributed by atoms with Crippen LogP contribution >= 0.6 is 15.9 Å². The van der Waals surface area contributed by atoms with Gasteiger partial charge < -0.3 is 9.47 Å². The van der Waals surface area contributed by atoms with Crippen LogP contribution in [0.2, 0.25) is 0 Å². The van der Waals surface area contributed by atoms with E-state index >= 15 is 0 Å². The second-order valence-corrected chi connectivity index (χ2v) is 6.83. The first-order chi connectivity index (χ1) is 13.8. The van der Waals surface area contributed by atoms with Gasteiger partial charge in [0.05, 0.1) is 16.8 Å². The van der Waals surface area contributed by atoms with E-state index in [2.05, 4.69) is 21.4 Å². The van der Waals surface area contributed by atoms with E-state index in [9.17, 15) is 18.8 Å². The average molecular weight is 463 g/mol. The Morgan fingerprint density at radius 1 is 1.24 bits per heavy atom. The molecule has 29 heavy (non-hydrogen) atoms. The standard InChI is InChI=1S/C20H16BrFN2O5/c1-3-28-17-10-12(9-16(21)18(17)29-11(2)25)8-15-19(26)23-24(20(15)27)14-6-4-13(22)5-7-14/h4-10H,3H2,1-2H3,(H,23,26)/b15-8+. The number of carbonyl (C=O) groups excluding carboxylic acids is 3. The molecular weight excluding hydrogens is 447 g/mol. The van der Waals surface area contributed by atoms with E-state index in [0.717, 1.165) is 5.01 Å². The van der Waals surface area contributed by atoms with Gasteiger partial charge >= 0.3 is 5.97 Å². The Kier molecular flexibility index (Phi) is 5.97. The van der Waals surface area contributed by atoms with Crippen LogP contribution in [0.4, 0.5) is 10.1 Å². The minimum absolute atomic E-state index is 0.107. The Labute approximate surface area is 174 Å². The molecule has 2 aromatic carbocycles. The molecular formula is C20H16BrFN2O5. The zero-order chi connectivity index (χ0) is 21.1. The van der Waals surface area contributed by atoms with Crippen molar-refractivity contribution in [2.24, 2.45) is 0 Å². The number of amides is 2. The van der Waals surface area contributed by atoms with Gasteiger partial charge in [-0.3, -0.25) is 19.8 Å². The van der Waals surface area contributed by atoms with Gasteiger partial charge in [-0.2, -0.15) is 0 Å². The molecule has 9 heteroatoms. The minimum atomic E-state index is -0.600. The van der Waals surface area contributed by atoms with Crippen LogP contribution in [0.25, 0.3) is 6.08 Å². The first-order valence-corrected chi connectivity index (χ1v) is 9.37. The van der Waals surface area contributed by atoms with Crippen LogP contribution in [0.15, 0.2) is 46.4 Å². The SMILES string of the molecule is CCOc1cc(/C=C2\C(=O)NN(c3ccc(F)cc3)C2=O)cc(Br)c1OC(C)=O. The van der Waals surface area contributed by atoms with Gasteiger partial charge in [0.1, 0.15) is 11.4 Å². The van der Waals surface area contributed by atoms with Crippen molar-refractivity contribution in [3.63, 3.8) is 0 Å². The van der Waals surface area contributed by atoms with E-state index in [4.69, 9.17) is 9.47 Å². The van der Waals surface area contributed by atoms with Gasteiger partial charge in [-0.25, -0.2) is 9.40 Å². The molecule has 3 rings (SSSR count). The van der Waals surface area contributed by atoms with Crippen LogP contribution in [0.1, 0.15) is 19.4 Å². The number of hydrazine groups is 1. The van der Waals surface area contributed by atoms with Crippen molar-refractivity contribution in [3.05, 3.63) is 57.8 Å². The van der Waals surface area contributed by atoms with Crippen molar-refractivity contribution >= 4 is 45.5 Å². The maximum absolute atomic E-state index is 13.1. The molecule has 1 aliphatic heterocycles. The Morgan fingerprint density at radius 2 is 1.93 bits per heavy atom. The molecule has 0 bridgehead atoms. The third kappa shape index (κ3) is 4.45. The molecule has 1 aliphatic rings. The monoisotopic (exact) mass is 462 g/mol. The number of halogens is 2. The lowest BCUT2D eigenvalue weighted by Gasteiger charge is -2.14. The van der Waals surface area contributed by atoms with Crippen LogP contribution in [-0.4, -0.2) is 24.4 Å². The van der Waals surface area contributed by atoms with Gasteiger partial charge in [-0.05, 0) is 70.9 Å². The van der Waals surface area contributed by atoms with Crippen molar-refractivity contribution in [3.8, 4) is 11.5 Å². The van der Waals surface area contributed by atoms with Gasteiger partial charge in [0.2, 0.25) is 0 Å². The van der Waals surface area contributed by atoms with Crippen molar-refractivity contribution < 1.29 is 28.2 Å². The van der Waals surface area contributed by atoms with Crippen molar-refractivity contribution in [1.82, 2.24) is 5.43 Å².